The van der Waals surface area contributed by atoms with Crippen LogP contribution in [0.5, 0.6) is 0 Å². The highest BCUT2D eigenvalue weighted by Crippen LogP contribution is 2.25. The van der Waals surface area contributed by atoms with Crippen molar-refractivity contribution in [2.24, 2.45) is 5.73 Å². The van der Waals surface area contributed by atoms with E-state index in [1.54, 1.807) is 0 Å². The first-order chi connectivity index (χ1) is 9.76. The first-order valence-electron chi connectivity index (χ1n) is 7.27. The van der Waals surface area contributed by atoms with Crippen LogP contribution in [0, 0.1) is 0 Å². The van der Waals surface area contributed by atoms with Gasteiger partial charge in [-0.15, -0.1) is 0 Å². The molecule has 2 rings (SSSR count). The molecule has 104 valence electrons. The number of nitrogens with two attached hydrogens (primary N) is 1. The van der Waals surface area contributed by atoms with Crippen molar-refractivity contribution in [3.63, 3.8) is 0 Å². The first-order valence-corrected chi connectivity index (χ1v) is 7.27. The fraction of sp³-hybridized carbons (Fsp3) is 0.263. The van der Waals surface area contributed by atoms with E-state index in [0.717, 1.165) is 12.8 Å². The number of rotatable bonds is 4. The summed E-state index contributed by atoms with van der Waals surface area (Å²) in [5.74, 6) is 0. The highest BCUT2D eigenvalue weighted by Gasteiger charge is 2.11. The average Bonchev–Trinajstić information content (AvgIpc) is 2.53. The van der Waals surface area contributed by atoms with Gasteiger partial charge in [-0.05, 0) is 49.0 Å². The van der Waals surface area contributed by atoms with Crippen LogP contribution < -0.4 is 5.73 Å². The second kappa shape index (κ2) is 7.06. The Bertz CT molecular complexity index is 556. The zero-order valence-electron chi connectivity index (χ0n) is 12.3. The molecule has 0 saturated carbocycles. The van der Waals surface area contributed by atoms with Gasteiger partial charge < -0.3 is 5.73 Å². The Morgan fingerprint density at radius 2 is 1.90 bits per heavy atom. The molecule has 0 bridgehead atoms. The third kappa shape index (κ3) is 3.37. The van der Waals surface area contributed by atoms with E-state index in [9.17, 15) is 0 Å². The Morgan fingerprint density at radius 3 is 2.45 bits per heavy atom. The summed E-state index contributed by atoms with van der Waals surface area (Å²) < 4.78 is 0. The van der Waals surface area contributed by atoms with Gasteiger partial charge in [0.25, 0.3) is 0 Å². The summed E-state index contributed by atoms with van der Waals surface area (Å²) in [5, 5.41) is 0. The fourth-order valence-electron chi connectivity index (χ4n) is 2.48. The topological polar surface area (TPSA) is 26.0 Å². The van der Waals surface area contributed by atoms with E-state index in [2.05, 4.69) is 67.6 Å². The Labute approximate surface area is 122 Å². The number of hydrogen-bond donors (Lipinski definition) is 1. The Hall–Kier alpha value is -1.86. The summed E-state index contributed by atoms with van der Waals surface area (Å²) in [7, 11) is 0. The molecule has 1 aromatic carbocycles. The van der Waals surface area contributed by atoms with E-state index < -0.39 is 0 Å². The molecule has 0 radical (unpaired) electrons. The molecule has 0 aromatic heterocycles. The average molecular weight is 265 g/mol. The quantitative estimate of drug-likeness (QED) is 0.766. The first kappa shape index (κ1) is 14.5. The van der Waals surface area contributed by atoms with Crippen molar-refractivity contribution in [2.45, 2.75) is 32.7 Å². The predicted molar refractivity (Wildman–Crippen MR) is 88.3 cm³/mol. The van der Waals surface area contributed by atoms with Crippen molar-refractivity contribution in [2.75, 3.05) is 0 Å². The van der Waals surface area contributed by atoms with Crippen molar-refractivity contribution in [1.82, 2.24) is 0 Å². The molecule has 0 spiro atoms. The van der Waals surface area contributed by atoms with Gasteiger partial charge in [0.15, 0.2) is 0 Å². The van der Waals surface area contributed by atoms with Gasteiger partial charge in [0, 0.05) is 0 Å². The van der Waals surface area contributed by atoms with E-state index in [0.29, 0.717) is 0 Å². The SMILES string of the molecule is C/C=C\C(=C/C)c1ccc(C(N)C2=CCCC=C2)cc1. The van der Waals surface area contributed by atoms with Crippen molar-refractivity contribution in [3.05, 3.63) is 77.4 Å². The smallest absolute Gasteiger partial charge is 0.0548 e. The molecule has 2 N–H and O–H groups in total. The Kier molecular flexibility index (Phi) is 5.14. The molecule has 1 unspecified atom stereocenters. The van der Waals surface area contributed by atoms with E-state index in [-0.39, 0.29) is 6.04 Å². The van der Waals surface area contributed by atoms with Crippen molar-refractivity contribution in [1.29, 1.82) is 0 Å². The summed E-state index contributed by atoms with van der Waals surface area (Å²) in [6.07, 6.45) is 15.1. The Balaban J connectivity index is 2.19. The van der Waals surface area contributed by atoms with Crippen molar-refractivity contribution in [3.8, 4) is 0 Å². The molecule has 1 aromatic rings. The molecule has 1 heteroatoms. The van der Waals surface area contributed by atoms with Gasteiger partial charge in [-0.25, -0.2) is 0 Å². The summed E-state index contributed by atoms with van der Waals surface area (Å²) >= 11 is 0. The lowest BCUT2D eigenvalue weighted by molar-refractivity contribution is 0.843. The second-order valence-electron chi connectivity index (χ2n) is 5.03. The van der Waals surface area contributed by atoms with Crippen LogP contribution in [-0.4, -0.2) is 0 Å². The molecule has 0 aliphatic heterocycles. The van der Waals surface area contributed by atoms with Gasteiger partial charge in [-0.1, -0.05) is 60.7 Å². The lowest BCUT2D eigenvalue weighted by Crippen LogP contribution is -2.13. The van der Waals surface area contributed by atoms with E-state index in [1.807, 2.05) is 6.92 Å². The van der Waals surface area contributed by atoms with Crippen molar-refractivity contribution < 1.29 is 0 Å². The number of hydrogen-bond acceptors (Lipinski definition) is 1. The van der Waals surface area contributed by atoms with Gasteiger partial charge in [-0.3, -0.25) is 0 Å². The van der Waals surface area contributed by atoms with Gasteiger partial charge in [0.05, 0.1) is 6.04 Å². The molecule has 1 atom stereocenters. The maximum absolute atomic E-state index is 6.34. The standard InChI is InChI=1S/C19H23N/c1-3-8-15(4-2)16-11-13-18(14-12-16)19(20)17-9-6-5-7-10-17/h3-4,6,8-14,19H,5,7,20H2,1-2H3/b8-3-,15-4+. The predicted octanol–water partition coefficient (Wildman–Crippen LogP) is 4.94. The van der Waals surface area contributed by atoms with Crippen LogP contribution in [0.2, 0.25) is 0 Å². The zero-order chi connectivity index (χ0) is 14.4. The molecule has 0 heterocycles. The third-order valence-corrected chi connectivity index (χ3v) is 3.64. The van der Waals surface area contributed by atoms with Gasteiger partial charge in [0.2, 0.25) is 0 Å². The van der Waals surface area contributed by atoms with Crippen LogP contribution in [0.1, 0.15) is 43.9 Å². The Morgan fingerprint density at radius 1 is 1.15 bits per heavy atom. The monoisotopic (exact) mass is 265 g/mol. The lowest BCUT2D eigenvalue weighted by Gasteiger charge is -2.16. The summed E-state index contributed by atoms with van der Waals surface area (Å²) in [6.45, 7) is 4.10. The molecule has 0 saturated heterocycles. The van der Waals surface area contributed by atoms with Crippen LogP contribution >= 0.6 is 0 Å². The molecule has 1 aliphatic rings. The summed E-state index contributed by atoms with van der Waals surface area (Å²) in [6, 6.07) is 8.55. The number of allylic oxidation sites excluding steroid dienone is 6. The third-order valence-electron chi connectivity index (χ3n) is 3.64. The molecule has 0 fully saturated rings. The second-order valence-corrected chi connectivity index (χ2v) is 5.03. The maximum atomic E-state index is 6.34. The fourth-order valence-corrected chi connectivity index (χ4v) is 2.48. The highest BCUT2D eigenvalue weighted by atomic mass is 14.6. The van der Waals surface area contributed by atoms with Crippen LogP contribution in [0.15, 0.2) is 66.3 Å². The van der Waals surface area contributed by atoms with Gasteiger partial charge in [-0.2, -0.15) is 0 Å². The van der Waals surface area contributed by atoms with Crippen LogP contribution in [-0.2, 0) is 0 Å². The van der Waals surface area contributed by atoms with Crippen LogP contribution in [0.3, 0.4) is 0 Å². The summed E-state index contributed by atoms with van der Waals surface area (Å²) in [5.41, 5.74) is 11.2. The van der Waals surface area contributed by atoms with Gasteiger partial charge in [0.1, 0.15) is 0 Å². The normalized spacial score (nSPS) is 17.4. The maximum Gasteiger partial charge on any atom is 0.0548 e. The molecule has 1 nitrogen and oxygen atoms in total. The largest absolute Gasteiger partial charge is 0.320 e. The highest BCUT2D eigenvalue weighted by molar-refractivity contribution is 5.73. The van der Waals surface area contributed by atoms with E-state index in [1.165, 1.54) is 22.3 Å². The van der Waals surface area contributed by atoms with E-state index >= 15 is 0 Å². The lowest BCUT2D eigenvalue weighted by atomic mass is 9.93. The molecule has 0 amide bonds. The molecule has 20 heavy (non-hydrogen) atoms. The minimum atomic E-state index is -0.0172. The zero-order valence-corrected chi connectivity index (χ0v) is 12.3. The molecular weight excluding hydrogens is 242 g/mol. The summed E-state index contributed by atoms with van der Waals surface area (Å²) in [4.78, 5) is 0. The van der Waals surface area contributed by atoms with Crippen LogP contribution in [0.25, 0.3) is 5.57 Å². The van der Waals surface area contributed by atoms with E-state index in [4.69, 9.17) is 5.73 Å². The molecular formula is C19H23N. The minimum absolute atomic E-state index is 0.0172. The van der Waals surface area contributed by atoms with Crippen molar-refractivity contribution >= 4 is 5.57 Å². The van der Waals surface area contributed by atoms with Gasteiger partial charge >= 0.3 is 0 Å². The number of benzene rings is 1. The molecule has 1 aliphatic carbocycles. The van der Waals surface area contributed by atoms with Crippen LogP contribution in [0.4, 0.5) is 0 Å². The minimum Gasteiger partial charge on any atom is -0.320 e.